The fourth-order valence-corrected chi connectivity index (χ4v) is 9.33. The number of fused-ring (bicyclic) bond motifs is 8. The molecule has 0 bridgehead atoms. The molecular weight excluding hydrogens is 448 g/mol. The summed E-state index contributed by atoms with van der Waals surface area (Å²) in [6, 6.07) is 0. The summed E-state index contributed by atoms with van der Waals surface area (Å²) < 4.78 is 11.9. The van der Waals surface area contributed by atoms with E-state index in [1.807, 2.05) is 20.8 Å². The molecule has 0 amide bonds. The average Bonchev–Trinajstić information content (AvgIpc) is 3.58. The molecule has 12 atom stereocenters. The molecule has 0 aromatic rings. The Bertz CT molecular complexity index is 1060. The molecule has 12 unspecified atom stereocenters. The molecule has 35 heavy (non-hydrogen) atoms. The Kier molecular flexibility index (Phi) is 4.81. The van der Waals surface area contributed by atoms with Crippen molar-refractivity contribution in [2.24, 2.45) is 34.5 Å². The zero-order valence-corrected chi connectivity index (χ0v) is 21.3. The van der Waals surface area contributed by atoms with Crippen molar-refractivity contribution >= 4 is 11.8 Å². The van der Waals surface area contributed by atoms with Gasteiger partial charge in [0.2, 0.25) is 0 Å². The number of carbonyl (C=O) groups excluding carboxylic acids is 2. The minimum Gasteiger partial charge on any atom is -0.458 e. The lowest BCUT2D eigenvalue weighted by Gasteiger charge is -2.61. The Morgan fingerprint density at radius 3 is 2.54 bits per heavy atom. The van der Waals surface area contributed by atoms with Gasteiger partial charge in [0.1, 0.15) is 23.4 Å². The van der Waals surface area contributed by atoms with E-state index in [2.05, 4.69) is 6.92 Å². The maximum atomic E-state index is 13.3. The topological polar surface area (TPSA) is 117 Å². The van der Waals surface area contributed by atoms with Gasteiger partial charge >= 0.3 is 5.97 Å². The van der Waals surface area contributed by atoms with E-state index in [4.69, 9.17) is 9.47 Å². The van der Waals surface area contributed by atoms with Crippen LogP contribution in [0.1, 0.15) is 66.7 Å². The molecule has 0 aromatic carbocycles. The van der Waals surface area contributed by atoms with Crippen LogP contribution in [0.2, 0.25) is 0 Å². The van der Waals surface area contributed by atoms with E-state index in [1.165, 1.54) is 0 Å². The fraction of sp³-hybridized carbons (Fsp3) is 0.786. The molecule has 1 saturated heterocycles. The maximum Gasteiger partial charge on any atom is 0.333 e. The van der Waals surface area contributed by atoms with Crippen LogP contribution < -0.4 is 0 Å². The second-order valence-electron chi connectivity index (χ2n) is 12.8. The second-order valence-corrected chi connectivity index (χ2v) is 12.8. The van der Waals surface area contributed by atoms with Crippen molar-refractivity contribution < 1.29 is 34.4 Å². The van der Waals surface area contributed by atoms with Crippen molar-refractivity contribution in [3.05, 3.63) is 23.3 Å². The van der Waals surface area contributed by atoms with Gasteiger partial charge in [-0.15, -0.1) is 0 Å². The Morgan fingerprint density at radius 1 is 1.14 bits per heavy atom. The number of epoxide rings is 1. The number of hydrogen-bond donors (Lipinski definition) is 3. The summed E-state index contributed by atoms with van der Waals surface area (Å²) in [6.45, 7) is 9.53. The zero-order chi connectivity index (χ0) is 25.3. The summed E-state index contributed by atoms with van der Waals surface area (Å²) in [7, 11) is 0. The van der Waals surface area contributed by atoms with E-state index in [9.17, 15) is 24.9 Å². The summed E-state index contributed by atoms with van der Waals surface area (Å²) >= 11 is 0. The molecule has 6 rings (SSSR count). The number of rotatable bonds is 2. The molecule has 4 aliphatic carbocycles. The van der Waals surface area contributed by atoms with Crippen molar-refractivity contribution in [2.75, 3.05) is 0 Å². The predicted molar refractivity (Wildman–Crippen MR) is 126 cm³/mol. The first-order valence-electron chi connectivity index (χ1n) is 13.2. The number of aliphatic hydroxyl groups is 3. The minimum atomic E-state index is -1.45. The first kappa shape index (κ1) is 23.8. The highest BCUT2D eigenvalue weighted by Crippen LogP contribution is 2.72. The molecule has 7 nitrogen and oxygen atoms in total. The fourth-order valence-electron chi connectivity index (χ4n) is 9.33. The lowest BCUT2D eigenvalue weighted by molar-refractivity contribution is -0.216. The maximum absolute atomic E-state index is 13.3. The first-order valence-corrected chi connectivity index (χ1v) is 13.2. The van der Waals surface area contributed by atoms with E-state index in [0.29, 0.717) is 37.7 Å². The van der Waals surface area contributed by atoms with E-state index in [-0.39, 0.29) is 35.6 Å². The van der Waals surface area contributed by atoms with Crippen LogP contribution in [0.25, 0.3) is 0 Å². The highest BCUT2D eigenvalue weighted by Gasteiger charge is 2.79. The van der Waals surface area contributed by atoms with Gasteiger partial charge in [0.25, 0.3) is 0 Å². The van der Waals surface area contributed by atoms with Crippen LogP contribution in [0.15, 0.2) is 23.3 Å². The zero-order valence-electron chi connectivity index (χ0n) is 21.3. The van der Waals surface area contributed by atoms with Gasteiger partial charge in [0, 0.05) is 23.3 Å². The molecule has 0 radical (unpaired) electrons. The largest absolute Gasteiger partial charge is 0.458 e. The third-order valence-electron chi connectivity index (χ3n) is 11.8. The molecule has 0 spiro atoms. The van der Waals surface area contributed by atoms with E-state index >= 15 is 0 Å². The van der Waals surface area contributed by atoms with Crippen molar-refractivity contribution in [1.82, 2.24) is 0 Å². The van der Waals surface area contributed by atoms with Crippen LogP contribution in [0.3, 0.4) is 0 Å². The highest BCUT2D eigenvalue weighted by atomic mass is 16.6. The number of esters is 1. The molecule has 7 heteroatoms. The summed E-state index contributed by atoms with van der Waals surface area (Å²) in [4.78, 5) is 25.7. The standard InChI is InChI=1S/C28H38O7/c1-13-11-18(34-24(31)14(13)2)15(3)28(33)20(30)12-17-21-16(8-10-25(17,28)4)26(5)19(29)7-6-9-27(26,32)23-22(21)35-23/h6-7,15-18,20-23,30,32-33H,8-12H2,1-5H3. The van der Waals surface area contributed by atoms with E-state index in [1.54, 1.807) is 19.1 Å². The van der Waals surface area contributed by atoms with Gasteiger partial charge < -0.3 is 24.8 Å². The van der Waals surface area contributed by atoms with Gasteiger partial charge in [-0.05, 0) is 70.3 Å². The molecule has 3 N–H and O–H groups in total. The second kappa shape index (κ2) is 7.06. The van der Waals surface area contributed by atoms with Crippen LogP contribution >= 0.6 is 0 Å². The number of cyclic esters (lactones) is 1. The van der Waals surface area contributed by atoms with Crippen LogP contribution in [0.5, 0.6) is 0 Å². The molecule has 2 aliphatic heterocycles. The summed E-state index contributed by atoms with van der Waals surface area (Å²) in [5.74, 6) is -1.07. The number of carbonyl (C=O) groups is 2. The van der Waals surface area contributed by atoms with Gasteiger partial charge in [0.15, 0.2) is 5.78 Å². The van der Waals surface area contributed by atoms with Gasteiger partial charge in [-0.25, -0.2) is 4.79 Å². The summed E-state index contributed by atoms with van der Waals surface area (Å²) in [6.07, 6.45) is 3.93. The lowest BCUT2D eigenvalue weighted by atomic mass is 9.43. The Labute approximate surface area is 206 Å². The smallest absolute Gasteiger partial charge is 0.333 e. The van der Waals surface area contributed by atoms with E-state index < -0.39 is 46.3 Å². The van der Waals surface area contributed by atoms with Gasteiger partial charge in [-0.1, -0.05) is 25.5 Å². The molecule has 6 aliphatic rings. The van der Waals surface area contributed by atoms with Crippen LogP contribution in [-0.2, 0) is 19.1 Å². The van der Waals surface area contributed by atoms with Gasteiger partial charge in [-0.2, -0.15) is 0 Å². The Balaban J connectivity index is 1.37. The van der Waals surface area contributed by atoms with Crippen molar-refractivity contribution in [3.8, 4) is 0 Å². The number of ketones is 1. The highest BCUT2D eigenvalue weighted by molar-refractivity contribution is 5.97. The lowest BCUT2D eigenvalue weighted by Crippen LogP contribution is -2.68. The third-order valence-corrected chi connectivity index (χ3v) is 11.8. The van der Waals surface area contributed by atoms with E-state index in [0.717, 1.165) is 5.57 Å². The normalized spacial score (nSPS) is 55.5. The number of allylic oxidation sites excluding steroid dienone is 1. The molecule has 0 aromatic heterocycles. The Hall–Kier alpha value is -1.54. The van der Waals surface area contributed by atoms with Crippen LogP contribution in [0, 0.1) is 34.5 Å². The molecule has 2 heterocycles. The Morgan fingerprint density at radius 2 is 1.86 bits per heavy atom. The quantitative estimate of drug-likeness (QED) is 0.406. The number of ether oxygens (including phenoxy) is 2. The van der Waals surface area contributed by atoms with Crippen molar-refractivity contribution in [1.29, 1.82) is 0 Å². The first-order chi connectivity index (χ1) is 16.3. The van der Waals surface area contributed by atoms with Gasteiger partial charge in [0.05, 0.1) is 17.6 Å². The van der Waals surface area contributed by atoms with Crippen molar-refractivity contribution in [2.45, 2.75) is 102 Å². The molecule has 4 fully saturated rings. The van der Waals surface area contributed by atoms with Crippen LogP contribution in [0.4, 0.5) is 0 Å². The monoisotopic (exact) mass is 486 g/mol. The van der Waals surface area contributed by atoms with Crippen molar-refractivity contribution in [3.63, 3.8) is 0 Å². The van der Waals surface area contributed by atoms with Gasteiger partial charge in [-0.3, -0.25) is 4.79 Å². The van der Waals surface area contributed by atoms with Crippen LogP contribution in [-0.4, -0.2) is 62.7 Å². The number of aliphatic hydroxyl groups excluding tert-OH is 1. The SMILES string of the molecule is CC1=C(C)C(=O)OC(C(C)C2(O)C(O)CC3C4C5OC5C5(O)CC=CC(=O)C5(C)C4CCC32C)C1. The molecule has 192 valence electrons. The predicted octanol–water partition coefficient (Wildman–Crippen LogP) is 2.47. The average molecular weight is 487 g/mol. The summed E-state index contributed by atoms with van der Waals surface area (Å²) in [5.41, 5.74) is -2.67. The summed E-state index contributed by atoms with van der Waals surface area (Å²) in [5, 5.41) is 35.5. The molecular formula is C28H38O7. The molecule has 3 saturated carbocycles. The minimum absolute atomic E-state index is 0.0341. The third kappa shape index (κ3) is 2.61. The number of hydrogen-bond acceptors (Lipinski definition) is 7.